The van der Waals surface area contributed by atoms with Crippen LogP contribution in [0.15, 0.2) is 0 Å². The van der Waals surface area contributed by atoms with Crippen molar-refractivity contribution >= 4 is 7.82 Å². The first-order valence-corrected chi connectivity index (χ1v) is 2.30. The minimum Gasteiger partial charge on any atom is -1.00 e. The van der Waals surface area contributed by atoms with E-state index in [1.54, 1.807) is 0 Å². The Morgan fingerprint density at radius 3 is 1.50 bits per heavy atom. The Bertz CT molecular complexity index is 66.7. The molecule has 0 aliphatic heterocycles. The van der Waals surface area contributed by atoms with Gasteiger partial charge in [0.1, 0.15) is 0 Å². The summed E-state index contributed by atoms with van der Waals surface area (Å²) in [4.78, 5) is 22.9. The first kappa shape index (κ1) is 22.5. The maximum atomic E-state index is 8.77. The van der Waals surface area contributed by atoms with Crippen molar-refractivity contribution in [3.63, 3.8) is 0 Å². The van der Waals surface area contributed by atoms with E-state index in [4.69, 9.17) is 19.2 Å². The van der Waals surface area contributed by atoms with Crippen molar-refractivity contribution in [3.8, 4) is 0 Å². The molecule has 0 aromatic rings. The van der Waals surface area contributed by atoms with Gasteiger partial charge in [-0.1, -0.05) is 0 Å². The molecule has 0 atom stereocenters. The van der Waals surface area contributed by atoms with E-state index in [-0.39, 0.29) is 66.9 Å². The second kappa shape index (κ2) is 9.23. The Morgan fingerprint density at radius 2 is 1.50 bits per heavy atom. The van der Waals surface area contributed by atoms with Crippen LogP contribution in [-0.2, 0) is 21.6 Å². The molecule has 0 radical (unpaired) electrons. The third kappa shape index (κ3) is 86.6. The smallest absolute Gasteiger partial charge is 1.00 e. The van der Waals surface area contributed by atoms with Gasteiger partial charge >= 0.3 is 48.4 Å². The quantitative estimate of drug-likeness (QED) is 0.289. The molecule has 8 heavy (non-hydrogen) atoms. The van der Waals surface area contributed by atoms with Gasteiger partial charge in [0.15, 0.2) is 0 Å². The van der Waals surface area contributed by atoms with E-state index in [0.717, 1.165) is 0 Å². The molecule has 0 aromatic heterocycles. The molecule has 0 aromatic carbocycles. The van der Waals surface area contributed by atoms with Crippen LogP contribution >= 0.6 is 7.82 Å². The van der Waals surface area contributed by atoms with Crippen LogP contribution in [0.4, 0.5) is 0 Å². The van der Waals surface area contributed by atoms with Crippen LogP contribution in [0.1, 0.15) is 1.43 Å². The van der Waals surface area contributed by atoms with Gasteiger partial charge in [0.2, 0.25) is 0 Å². The van der Waals surface area contributed by atoms with E-state index in [9.17, 15) is 0 Å². The Kier molecular flexibility index (Phi) is 25.9. The molecule has 8 heteroatoms. The van der Waals surface area contributed by atoms with Crippen molar-refractivity contribution in [2.75, 3.05) is 0 Å². The van der Waals surface area contributed by atoms with Crippen LogP contribution in [0.5, 0.6) is 0 Å². The number of rotatable bonds is 0. The number of phosphoric acid groups is 1. The van der Waals surface area contributed by atoms with Gasteiger partial charge in [-0.15, -0.1) is 0 Å². The Balaban J connectivity index is -0.0000000133. The van der Waals surface area contributed by atoms with Crippen molar-refractivity contribution in [1.29, 1.82) is 0 Å². The molecule has 0 fully saturated rings. The molecule has 0 unspecified atom stereocenters. The zero-order valence-electron chi connectivity index (χ0n) is 5.51. The topological polar surface area (TPSA) is 80.6 Å². The minimum atomic E-state index is -4.89. The SMILES string of the molecule is O=P([O-])(O)O.[Fe].[H-].[Li+].[Na+]. The molecule has 0 saturated heterocycles. The second-order valence-corrected chi connectivity index (χ2v) is 1.47. The molecule has 0 amide bonds. The van der Waals surface area contributed by atoms with Gasteiger partial charge in [-0.2, -0.15) is 0 Å². The van der Waals surface area contributed by atoms with Crippen LogP contribution in [0.3, 0.4) is 0 Å². The van der Waals surface area contributed by atoms with Crippen LogP contribution in [0.2, 0.25) is 0 Å². The fraction of sp³-hybridized carbons (Fsp3) is 0. The minimum absolute atomic E-state index is 0. The van der Waals surface area contributed by atoms with E-state index in [0.29, 0.717) is 0 Å². The molecule has 4 nitrogen and oxygen atoms in total. The maximum Gasteiger partial charge on any atom is 1.00 e. The predicted molar refractivity (Wildman–Crippen MR) is 13.2 cm³/mol. The van der Waals surface area contributed by atoms with E-state index < -0.39 is 7.82 Å². The first-order valence-electron chi connectivity index (χ1n) is 0.765. The van der Waals surface area contributed by atoms with Crippen molar-refractivity contribution in [2.24, 2.45) is 0 Å². The van der Waals surface area contributed by atoms with Gasteiger partial charge in [-0.25, -0.2) is 0 Å². The third-order valence-electron chi connectivity index (χ3n) is 0. The van der Waals surface area contributed by atoms with Crippen molar-refractivity contribution in [1.82, 2.24) is 0 Å². The van der Waals surface area contributed by atoms with Gasteiger partial charge in [-0.05, 0) is 0 Å². The van der Waals surface area contributed by atoms with E-state index >= 15 is 0 Å². The molecule has 0 rings (SSSR count). The summed E-state index contributed by atoms with van der Waals surface area (Å²) < 4.78 is 8.77. The fourth-order valence-electron chi connectivity index (χ4n) is 0. The average Bonchev–Trinajstić information content (AvgIpc) is 0.722. The van der Waals surface area contributed by atoms with E-state index in [1.165, 1.54) is 0 Å². The summed E-state index contributed by atoms with van der Waals surface area (Å²) in [5.74, 6) is 0. The molecular weight excluding hydrogens is 181 g/mol. The van der Waals surface area contributed by atoms with Crippen molar-refractivity contribution < 1.29 is 86.2 Å². The van der Waals surface area contributed by atoms with Gasteiger partial charge in [0.05, 0.1) is 0 Å². The summed E-state index contributed by atoms with van der Waals surface area (Å²) in [6.07, 6.45) is 0. The summed E-state index contributed by atoms with van der Waals surface area (Å²) in [7, 11) is -4.89. The van der Waals surface area contributed by atoms with E-state index in [2.05, 4.69) is 0 Å². The van der Waals surface area contributed by atoms with Crippen LogP contribution in [-0.4, -0.2) is 9.79 Å². The van der Waals surface area contributed by atoms with E-state index in [1.807, 2.05) is 0 Å². The Labute approximate surface area is 93.1 Å². The standard InChI is InChI=1S/Fe.Li.Na.H3O4P.H/c;;;1-5(2,3)4;/h;;;(H3,1,2,3,4);/q;2*+1;;-1/p-1. The maximum absolute atomic E-state index is 8.77. The first-order chi connectivity index (χ1) is 2.00. The van der Waals surface area contributed by atoms with Gasteiger partial charge in [0, 0.05) is 17.1 Å². The molecule has 0 aliphatic rings. The zero-order chi connectivity index (χ0) is 4.50. The summed E-state index contributed by atoms with van der Waals surface area (Å²) in [6, 6.07) is 0. The number of hydrogen-bond donors (Lipinski definition) is 2. The summed E-state index contributed by atoms with van der Waals surface area (Å²) in [5, 5.41) is 0. The monoisotopic (exact) mass is 184 g/mol. The molecule has 0 spiro atoms. The zero-order valence-corrected chi connectivity index (χ0v) is 8.51. The van der Waals surface area contributed by atoms with Crippen molar-refractivity contribution in [2.45, 2.75) is 0 Å². The molecule has 0 bridgehead atoms. The molecule has 0 heterocycles. The number of hydrogen-bond acceptors (Lipinski definition) is 2. The van der Waals surface area contributed by atoms with Gasteiger partial charge < -0.3 is 16.1 Å². The summed E-state index contributed by atoms with van der Waals surface area (Å²) in [6.45, 7) is 0. The normalized spacial score (nSPS) is 7.38. The van der Waals surface area contributed by atoms with Crippen LogP contribution < -0.4 is 53.3 Å². The van der Waals surface area contributed by atoms with Gasteiger partial charge in [-0.3, -0.25) is 4.57 Å². The molecule has 0 aliphatic carbocycles. The van der Waals surface area contributed by atoms with Gasteiger partial charge in [0.25, 0.3) is 7.82 Å². The Hall–Kier alpha value is 2.23. The molecule has 0 saturated carbocycles. The summed E-state index contributed by atoms with van der Waals surface area (Å²) in [5.41, 5.74) is 0. The summed E-state index contributed by atoms with van der Waals surface area (Å²) >= 11 is 0. The average molecular weight is 184 g/mol. The Morgan fingerprint density at radius 1 is 1.50 bits per heavy atom. The van der Waals surface area contributed by atoms with Crippen LogP contribution in [0, 0.1) is 0 Å². The molecular formula is H3FeLiNaO4P. The second-order valence-electron chi connectivity index (χ2n) is 0.491. The third-order valence-corrected chi connectivity index (χ3v) is 0. The predicted octanol–water partition coefficient (Wildman–Crippen LogP) is -7.44. The fourth-order valence-corrected chi connectivity index (χ4v) is 0. The van der Waals surface area contributed by atoms with Crippen molar-refractivity contribution in [3.05, 3.63) is 0 Å². The molecule has 42 valence electrons. The largest absolute Gasteiger partial charge is 1.00 e. The molecule has 2 N–H and O–H groups in total. The van der Waals surface area contributed by atoms with Crippen LogP contribution in [0.25, 0.3) is 0 Å².